The van der Waals surface area contributed by atoms with Gasteiger partial charge in [0.2, 0.25) is 5.91 Å². The predicted molar refractivity (Wildman–Crippen MR) is 135 cm³/mol. The van der Waals surface area contributed by atoms with Gasteiger partial charge >= 0.3 is 6.18 Å². The predicted octanol–water partition coefficient (Wildman–Crippen LogP) is 4.62. The number of nitrogens with zero attached hydrogens (tertiary/aromatic N) is 3. The molecule has 3 aliphatic rings. The van der Waals surface area contributed by atoms with E-state index in [0.29, 0.717) is 58.0 Å². The minimum atomic E-state index is -4.79. The van der Waals surface area contributed by atoms with Gasteiger partial charge in [0.25, 0.3) is 0 Å². The van der Waals surface area contributed by atoms with Crippen LogP contribution in [0, 0.1) is 11.7 Å². The minimum absolute atomic E-state index is 0.185. The molecular formula is C27H37F4N5O. The number of amidine groups is 1. The molecule has 37 heavy (non-hydrogen) atoms. The van der Waals surface area contributed by atoms with Crippen LogP contribution >= 0.6 is 0 Å². The van der Waals surface area contributed by atoms with Crippen LogP contribution in [0.15, 0.2) is 34.5 Å². The highest BCUT2D eigenvalue weighted by Gasteiger charge is 2.37. The summed E-state index contributed by atoms with van der Waals surface area (Å²) in [6, 6.07) is 2.84. The summed E-state index contributed by atoms with van der Waals surface area (Å²) in [5.74, 6) is -0.823. The van der Waals surface area contributed by atoms with Gasteiger partial charge in [-0.15, -0.1) is 0 Å². The van der Waals surface area contributed by atoms with Crippen molar-refractivity contribution >= 4 is 11.7 Å². The van der Waals surface area contributed by atoms with E-state index in [-0.39, 0.29) is 11.5 Å². The zero-order valence-electron chi connectivity index (χ0n) is 21.8. The van der Waals surface area contributed by atoms with E-state index in [9.17, 15) is 22.4 Å². The first-order chi connectivity index (χ1) is 17.3. The quantitative estimate of drug-likeness (QED) is 0.534. The molecule has 0 bridgehead atoms. The Morgan fingerprint density at radius 2 is 1.92 bits per heavy atom. The lowest BCUT2D eigenvalue weighted by Gasteiger charge is -2.39. The molecule has 2 atom stereocenters. The van der Waals surface area contributed by atoms with E-state index in [1.165, 1.54) is 17.3 Å². The third-order valence-electron chi connectivity index (χ3n) is 7.61. The smallest absolute Gasteiger partial charge is 0.369 e. The van der Waals surface area contributed by atoms with Crippen LogP contribution < -0.4 is 11.1 Å². The monoisotopic (exact) mass is 523 g/mol. The van der Waals surface area contributed by atoms with E-state index in [2.05, 4.69) is 17.1 Å². The molecule has 1 aromatic rings. The lowest BCUT2D eigenvalue weighted by Crippen LogP contribution is -2.53. The van der Waals surface area contributed by atoms with E-state index in [4.69, 9.17) is 10.7 Å². The summed E-state index contributed by atoms with van der Waals surface area (Å²) in [5.41, 5.74) is 7.14. The molecule has 1 saturated heterocycles. The SMILES string of the molecule is C[C@@H]1CCC2=C1C(N1CCN(C(=O)[C@H](CCCC(C)(C)N)c3ccc(C(F)(F)F)c(F)c3)CC1)=NCN2. The van der Waals surface area contributed by atoms with Crippen molar-refractivity contribution in [2.24, 2.45) is 16.6 Å². The average Bonchev–Trinajstić information content (AvgIpc) is 3.21. The summed E-state index contributed by atoms with van der Waals surface area (Å²) in [5, 5.41) is 3.38. The number of carbonyl (C=O) groups is 1. The summed E-state index contributed by atoms with van der Waals surface area (Å²) in [7, 11) is 0. The Balaban J connectivity index is 1.48. The van der Waals surface area contributed by atoms with Gasteiger partial charge in [-0.2, -0.15) is 13.2 Å². The van der Waals surface area contributed by atoms with Crippen molar-refractivity contribution in [3.8, 4) is 0 Å². The number of aliphatic imine (C=N–C) groups is 1. The molecule has 4 rings (SSSR count). The van der Waals surface area contributed by atoms with Gasteiger partial charge in [0, 0.05) is 43.0 Å². The largest absolute Gasteiger partial charge is 0.419 e. The normalized spacial score (nSPS) is 21.5. The maximum absolute atomic E-state index is 14.4. The maximum Gasteiger partial charge on any atom is 0.419 e. The van der Waals surface area contributed by atoms with Gasteiger partial charge in [-0.3, -0.25) is 4.79 Å². The summed E-state index contributed by atoms with van der Waals surface area (Å²) in [6.07, 6.45) is -1.04. The number of hydrogen-bond acceptors (Lipinski definition) is 5. The van der Waals surface area contributed by atoms with Crippen LogP contribution in [0.25, 0.3) is 0 Å². The molecule has 10 heteroatoms. The first kappa shape index (κ1) is 27.4. The van der Waals surface area contributed by atoms with E-state index in [0.717, 1.165) is 30.8 Å². The van der Waals surface area contributed by atoms with Gasteiger partial charge in [0.1, 0.15) is 18.3 Å². The van der Waals surface area contributed by atoms with E-state index in [1.807, 2.05) is 13.8 Å². The summed E-state index contributed by atoms with van der Waals surface area (Å²) >= 11 is 0. The molecule has 1 aliphatic carbocycles. The molecule has 0 aromatic heterocycles. The molecule has 0 spiro atoms. The van der Waals surface area contributed by atoms with Crippen molar-refractivity contribution in [2.45, 2.75) is 70.5 Å². The number of amides is 1. The van der Waals surface area contributed by atoms with Crippen molar-refractivity contribution in [3.05, 3.63) is 46.4 Å². The van der Waals surface area contributed by atoms with Gasteiger partial charge in [0.15, 0.2) is 0 Å². The summed E-state index contributed by atoms with van der Waals surface area (Å²) < 4.78 is 53.8. The molecule has 0 radical (unpaired) electrons. The maximum atomic E-state index is 14.4. The minimum Gasteiger partial charge on any atom is -0.369 e. The number of carbonyl (C=O) groups excluding carboxylic acids is 1. The Bertz CT molecular complexity index is 1070. The van der Waals surface area contributed by atoms with Gasteiger partial charge in [0.05, 0.1) is 11.5 Å². The number of halogens is 4. The van der Waals surface area contributed by atoms with Crippen LogP contribution in [0.1, 0.15) is 69.9 Å². The van der Waals surface area contributed by atoms with E-state index in [1.54, 1.807) is 4.90 Å². The molecule has 204 valence electrons. The molecule has 6 nitrogen and oxygen atoms in total. The third-order valence-corrected chi connectivity index (χ3v) is 7.61. The molecule has 3 N–H and O–H groups in total. The zero-order valence-corrected chi connectivity index (χ0v) is 21.8. The second-order valence-corrected chi connectivity index (χ2v) is 11.1. The topological polar surface area (TPSA) is 74.0 Å². The van der Waals surface area contributed by atoms with Crippen LogP contribution in [-0.2, 0) is 11.0 Å². The first-order valence-electron chi connectivity index (χ1n) is 13.1. The molecular weight excluding hydrogens is 486 g/mol. The second kappa shape index (κ2) is 10.6. The fourth-order valence-electron chi connectivity index (χ4n) is 5.57. The Morgan fingerprint density at radius 1 is 1.22 bits per heavy atom. The van der Waals surface area contributed by atoms with Crippen LogP contribution in [0.5, 0.6) is 0 Å². The van der Waals surface area contributed by atoms with Crippen LogP contribution in [-0.4, -0.2) is 59.9 Å². The number of alkyl halides is 3. The molecule has 0 saturated carbocycles. The number of hydrogen-bond donors (Lipinski definition) is 2. The number of rotatable bonds is 6. The van der Waals surface area contributed by atoms with Gasteiger partial charge in [-0.1, -0.05) is 19.4 Å². The van der Waals surface area contributed by atoms with Crippen molar-refractivity contribution in [3.63, 3.8) is 0 Å². The van der Waals surface area contributed by atoms with Crippen LogP contribution in [0.4, 0.5) is 17.6 Å². The van der Waals surface area contributed by atoms with Gasteiger partial charge in [-0.25, -0.2) is 9.38 Å². The van der Waals surface area contributed by atoms with Crippen molar-refractivity contribution in [2.75, 3.05) is 32.8 Å². The standard InChI is InChI=1S/C27H37F4N5O/c1-17-6-9-22-23(17)24(34-16-33-22)35-11-13-36(14-12-35)25(37)19(5-4-10-26(2,3)32)18-7-8-20(21(28)15-18)27(29,30)31/h7-8,15,17,19,33H,4-6,9-14,16,32H2,1-3H3/t17-,19-/m1/s1. The van der Waals surface area contributed by atoms with Crippen LogP contribution in [0.2, 0.25) is 0 Å². The molecule has 2 aliphatic heterocycles. The Labute approximate surface area is 216 Å². The summed E-state index contributed by atoms with van der Waals surface area (Å²) in [6.45, 7) is 8.73. The van der Waals surface area contributed by atoms with Crippen molar-refractivity contribution in [1.29, 1.82) is 0 Å². The second-order valence-electron chi connectivity index (χ2n) is 11.1. The van der Waals surface area contributed by atoms with Gasteiger partial charge in [-0.05, 0) is 63.1 Å². The zero-order chi connectivity index (χ0) is 27.0. The number of benzene rings is 1. The number of piperazine rings is 1. The molecule has 1 aromatic carbocycles. The van der Waals surface area contributed by atoms with Gasteiger partial charge < -0.3 is 20.9 Å². The summed E-state index contributed by atoms with van der Waals surface area (Å²) in [4.78, 5) is 22.3. The number of allylic oxidation sites excluding steroid dienone is 1. The van der Waals surface area contributed by atoms with Crippen molar-refractivity contribution in [1.82, 2.24) is 15.1 Å². The fourth-order valence-corrected chi connectivity index (χ4v) is 5.57. The molecule has 1 amide bonds. The average molecular weight is 524 g/mol. The highest BCUT2D eigenvalue weighted by atomic mass is 19.4. The van der Waals surface area contributed by atoms with E-state index >= 15 is 0 Å². The lowest BCUT2D eigenvalue weighted by molar-refractivity contribution is -0.140. The lowest BCUT2D eigenvalue weighted by atomic mass is 9.88. The van der Waals surface area contributed by atoms with Crippen LogP contribution in [0.3, 0.4) is 0 Å². The Kier molecular flexibility index (Phi) is 7.88. The first-order valence-corrected chi connectivity index (χ1v) is 13.1. The van der Waals surface area contributed by atoms with E-state index < -0.39 is 29.0 Å². The van der Waals surface area contributed by atoms with Crippen molar-refractivity contribution < 1.29 is 22.4 Å². The Hall–Kier alpha value is -2.62. The highest BCUT2D eigenvalue weighted by Crippen LogP contribution is 2.36. The third kappa shape index (κ3) is 6.27. The molecule has 0 unspecified atom stereocenters. The Morgan fingerprint density at radius 3 is 2.54 bits per heavy atom. The fraction of sp³-hybridized carbons (Fsp3) is 0.630. The molecule has 2 heterocycles. The number of nitrogens with one attached hydrogen (secondary N) is 1. The molecule has 1 fully saturated rings. The highest BCUT2D eigenvalue weighted by molar-refractivity contribution is 6.00. The number of nitrogens with two attached hydrogens (primary N) is 1.